The normalized spacial score (nSPS) is 16.5. The molecule has 1 amide bonds. The lowest BCUT2D eigenvalue weighted by molar-refractivity contribution is -0.118. The van der Waals surface area contributed by atoms with Crippen LogP contribution in [0.4, 0.5) is 5.69 Å². The summed E-state index contributed by atoms with van der Waals surface area (Å²) in [6.07, 6.45) is 3.59. The van der Waals surface area contributed by atoms with Gasteiger partial charge in [0.2, 0.25) is 5.91 Å². The lowest BCUT2D eigenvalue weighted by Crippen LogP contribution is -2.32. The van der Waals surface area contributed by atoms with Crippen LogP contribution < -0.4 is 10.6 Å². The number of amides is 1. The van der Waals surface area contributed by atoms with Crippen LogP contribution in [0.15, 0.2) is 18.2 Å². The van der Waals surface area contributed by atoms with Gasteiger partial charge in [0.25, 0.3) is 0 Å². The highest BCUT2D eigenvalue weighted by Crippen LogP contribution is 2.27. The van der Waals surface area contributed by atoms with Crippen LogP contribution in [-0.2, 0) is 4.79 Å². The van der Waals surface area contributed by atoms with Crippen molar-refractivity contribution in [2.45, 2.75) is 25.7 Å². The number of carbonyl (C=O) groups excluding carboxylic acids is 1. The zero-order valence-corrected chi connectivity index (χ0v) is 11.6. The minimum Gasteiger partial charge on any atom is -0.389 e. The third-order valence-electron chi connectivity index (χ3n) is 3.09. The fourth-order valence-corrected chi connectivity index (χ4v) is 2.51. The Morgan fingerprint density at radius 1 is 1.33 bits per heavy atom. The summed E-state index contributed by atoms with van der Waals surface area (Å²) >= 11 is 11.0. The van der Waals surface area contributed by atoms with E-state index in [-0.39, 0.29) is 5.91 Å². The Morgan fingerprint density at radius 3 is 2.83 bits per heavy atom. The number of rotatable bonds is 2. The molecule has 1 aromatic rings. The standard InChI is InChI=1S/C13H15ClN2OS/c14-9-5-6-10(13(15)18)11(8-9)16-7-3-1-2-4-12(16)17/h5-6,8H,1-4,7H2,(H2,15,18). The van der Waals surface area contributed by atoms with E-state index in [0.717, 1.165) is 24.9 Å². The van der Waals surface area contributed by atoms with Crippen LogP contribution in [0, 0.1) is 0 Å². The van der Waals surface area contributed by atoms with Crippen LogP contribution in [0.1, 0.15) is 31.2 Å². The SMILES string of the molecule is NC(=S)c1ccc(Cl)cc1N1CCCCCC1=O. The van der Waals surface area contributed by atoms with Crippen LogP contribution in [-0.4, -0.2) is 17.4 Å². The van der Waals surface area contributed by atoms with E-state index in [1.807, 2.05) is 0 Å². The molecule has 5 heteroatoms. The molecular weight excluding hydrogens is 268 g/mol. The fourth-order valence-electron chi connectivity index (χ4n) is 2.17. The van der Waals surface area contributed by atoms with Crippen molar-refractivity contribution in [1.29, 1.82) is 0 Å². The summed E-state index contributed by atoms with van der Waals surface area (Å²) in [7, 11) is 0. The zero-order valence-electron chi connectivity index (χ0n) is 9.99. The Labute approximate surface area is 117 Å². The predicted octanol–water partition coefficient (Wildman–Crippen LogP) is 2.88. The summed E-state index contributed by atoms with van der Waals surface area (Å²) in [5.74, 6) is 0.118. The van der Waals surface area contributed by atoms with Gasteiger partial charge in [-0.25, -0.2) is 0 Å². The van der Waals surface area contributed by atoms with E-state index < -0.39 is 0 Å². The lowest BCUT2D eigenvalue weighted by atomic mass is 10.1. The second-order valence-corrected chi connectivity index (χ2v) is 5.26. The van der Waals surface area contributed by atoms with E-state index in [2.05, 4.69) is 0 Å². The van der Waals surface area contributed by atoms with Gasteiger partial charge in [0.1, 0.15) is 4.99 Å². The van der Waals surface area contributed by atoms with Gasteiger partial charge in [0, 0.05) is 23.6 Å². The van der Waals surface area contributed by atoms with Gasteiger partial charge in [0.05, 0.1) is 5.69 Å². The molecule has 96 valence electrons. The maximum absolute atomic E-state index is 12.1. The number of carbonyl (C=O) groups is 1. The number of anilines is 1. The molecule has 1 saturated heterocycles. The topological polar surface area (TPSA) is 46.3 Å². The van der Waals surface area contributed by atoms with Gasteiger partial charge in [-0.15, -0.1) is 0 Å². The quantitative estimate of drug-likeness (QED) is 0.849. The van der Waals surface area contributed by atoms with E-state index in [9.17, 15) is 4.79 Å². The molecule has 1 aliphatic rings. The van der Waals surface area contributed by atoms with Gasteiger partial charge in [-0.1, -0.05) is 30.2 Å². The van der Waals surface area contributed by atoms with E-state index in [1.54, 1.807) is 23.1 Å². The molecule has 0 bridgehead atoms. The van der Waals surface area contributed by atoms with Gasteiger partial charge in [-0.05, 0) is 31.0 Å². The molecule has 2 rings (SSSR count). The molecule has 1 fully saturated rings. The van der Waals surface area contributed by atoms with Crippen molar-refractivity contribution in [2.75, 3.05) is 11.4 Å². The summed E-state index contributed by atoms with van der Waals surface area (Å²) in [4.78, 5) is 14.1. The monoisotopic (exact) mass is 282 g/mol. The molecule has 0 unspecified atom stereocenters. The molecule has 0 aromatic heterocycles. The second-order valence-electron chi connectivity index (χ2n) is 4.38. The van der Waals surface area contributed by atoms with E-state index in [4.69, 9.17) is 29.6 Å². The molecule has 0 saturated carbocycles. The molecule has 0 radical (unpaired) electrons. The molecule has 0 spiro atoms. The Balaban J connectivity index is 2.44. The number of hydrogen-bond donors (Lipinski definition) is 1. The Kier molecular flexibility index (Phi) is 4.19. The molecule has 1 heterocycles. The minimum absolute atomic E-state index is 0.118. The first-order valence-corrected chi connectivity index (χ1v) is 6.78. The second kappa shape index (κ2) is 5.67. The number of hydrogen-bond acceptors (Lipinski definition) is 2. The first-order valence-electron chi connectivity index (χ1n) is 5.99. The number of thiocarbonyl (C=S) groups is 1. The summed E-state index contributed by atoms with van der Waals surface area (Å²) in [5, 5.41) is 0.585. The summed E-state index contributed by atoms with van der Waals surface area (Å²) < 4.78 is 0. The highest BCUT2D eigenvalue weighted by molar-refractivity contribution is 7.80. The Morgan fingerprint density at radius 2 is 2.11 bits per heavy atom. The summed E-state index contributed by atoms with van der Waals surface area (Å²) in [5.41, 5.74) is 7.16. The van der Waals surface area contributed by atoms with Crippen molar-refractivity contribution >= 4 is 40.4 Å². The number of halogens is 1. The van der Waals surface area contributed by atoms with Crippen molar-refractivity contribution in [3.8, 4) is 0 Å². The molecular formula is C13H15ClN2OS. The summed E-state index contributed by atoms with van der Waals surface area (Å²) in [6.45, 7) is 0.703. The largest absolute Gasteiger partial charge is 0.389 e. The maximum atomic E-state index is 12.1. The number of nitrogens with two attached hydrogens (primary N) is 1. The number of benzene rings is 1. The van der Waals surface area contributed by atoms with E-state index >= 15 is 0 Å². The van der Waals surface area contributed by atoms with E-state index in [1.165, 1.54) is 0 Å². The van der Waals surface area contributed by atoms with Gasteiger partial charge < -0.3 is 10.6 Å². The van der Waals surface area contributed by atoms with Gasteiger partial charge in [-0.3, -0.25) is 4.79 Å². The van der Waals surface area contributed by atoms with Gasteiger partial charge in [-0.2, -0.15) is 0 Å². The average molecular weight is 283 g/mol. The average Bonchev–Trinajstić information content (AvgIpc) is 2.53. The molecule has 3 nitrogen and oxygen atoms in total. The van der Waals surface area contributed by atoms with Gasteiger partial charge >= 0.3 is 0 Å². The minimum atomic E-state index is 0.118. The van der Waals surface area contributed by atoms with Crippen molar-refractivity contribution < 1.29 is 4.79 Å². The number of nitrogens with zero attached hydrogens (tertiary/aromatic N) is 1. The first kappa shape index (κ1) is 13.3. The van der Waals surface area contributed by atoms with Crippen molar-refractivity contribution in [2.24, 2.45) is 5.73 Å². The third kappa shape index (κ3) is 2.82. The van der Waals surface area contributed by atoms with E-state index in [0.29, 0.717) is 28.5 Å². The van der Waals surface area contributed by atoms with Crippen LogP contribution in [0.25, 0.3) is 0 Å². The summed E-state index contributed by atoms with van der Waals surface area (Å²) in [6, 6.07) is 5.28. The molecule has 0 atom stereocenters. The molecule has 1 aromatic carbocycles. The molecule has 18 heavy (non-hydrogen) atoms. The van der Waals surface area contributed by atoms with Crippen molar-refractivity contribution in [3.05, 3.63) is 28.8 Å². The smallest absolute Gasteiger partial charge is 0.226 e. The highest BCUT2D eigenvalue weighted by atomic mass is 35.5. The van der Waals surface area contributed by atoms with Gasteiger partial charge in [0.15, 0.2) is 0 Å². The molecule has 1 aliphatic heterocycles. The molecule has 2 N–H and O–H groups in total. The zero-order chi connectivity index (χ0) is 13.1. The fraction of sp³-hybridized carbons (Fsp3) is 0.385. The van der Waals surface area contributed by atoms with Crippen LogP contribution >= 0.6 is 23.8 Å². The predicted molar refractivity (Wildman–Crippen MR) is 78.2 cm³/mol. The first-order chi connectivity index (χ1) is 8.59. The highest BCUT2D eigenvalue weighted by Gasteiger charge is 2.21. The maximum Gasteiger partial charge on any atom is 0.226 e. The third-order valence-corrected chi connectivity index (χ3v) is 3.54. The Hall–Kier alpha value is -1.13. The van der Waals surface area contributed by atoms with Crippen LogP contribution in [0.5, 0.6) is 0 Å². The van der Waals surface area contributed by atoms with Crippen molar-refractivity contribution in [1.82, 2.24) is 0 Å². The lowest BCUT2D eigenvalue weighted by Gasteiger charge is -2.23. The van der Waals surface area contributed by atoms with Crippen LogP contribution in [0.2, 0.25) is 5.02 Å². The Bertz CT molecular complexity index is 490. The van der Waals surface area contributed by atoms with Crippen molar-refractivity contribution in [3.63, 3.8) is 0 Å². The van der Waals surface area contributed by atoms with Crippen LogP contribution in [0.3, 0.4) is 0 Å². The molecule has 0 aliphatic carbocycles.